The molecular weight excluding hydrogens is 477 g/mol. The van der Waals surface area contributed by atoms with E-state index in [9.17, 15) is 9.59 Å². The number of ether oxygens (including phenoxy) is 1. The predicted octanol–water partition coefficient (Wildman–Crippen LogP) is 3.50. The topological polar surface area (TPSA) is 82.1 Å². The number of rotatable bonds is 12. The number of halogens is 2. The minimum atomic E-state index is -0.961. The van der Waals surface area contributed by atoms with Crippen LogP contribution in [-0.4, -0.2) is 79.3 Å². The summed E-state index contributed by atoms with van der Waals surface area (Å²) in [5, 5.41) is 13.0. The quantitative estimate of drug-likeness (QED) is 0.428. The predicted molar refractivity (Wildman–Crippen MR) is 133 cm³/mol. The second-order valence-electron chi connectivity index (χ2n) is 8.50. The third-order valence-electron chi connectivity index (χ3n) is 5.99. The highest BCUT2D eigenvalue weighted by atomic mass is 35.5. The molecule has 7 nitrogen and oxygen atoms in total. The summed E-state index contributed by atoms with van der Waals surface area (Å²) in [6, 6.07) is 15.6. The Labute approximate surface area is 210 Å². The van der Waals surface area contributed by atoms with Gasteiger partial charge in [-0.25, -0.2) is 4.79 Å². The van der Waals surface area contributed by atoms with E-state index in [-0.39, 0.29) is 25.0 Å². The highest BCUT2D eigenvalue weighted by Crippen LogP contribution is 2.26. The van der Waals surface area contributed by atoms with Gasteiger partial charge in [0.05, 0.1) is 29.1 Å². The van der Waals surface area contributed by atoms with E-state index in [1.807, 2.05) is 36.2 Å². The molecule has 34 heavy (non-hydrogen) atoms. The summed E-state index contributed by atoms with van der Waals surface area (Å²) in [5.41, 5.74) is 1.92. The first kappa shape index (κ1) is 26.4. The molecule has 0 saturated carbocycles. The molecule has 1 aliphatic heterocycles. The molecule has 184 valence electrons. The van der Waals surface area contributed by atoms with Crippen LogP contribution in [0.2, 0.25) is 10.0 Å². The van der Waals surface area contributed by atoms with Crippen molar-refractivity contribution in [2.75, 3.05) is 46.4 Å². The molecule has 2 aromatic rings. The number of amides is 1. The van der Waals surface area contributed by atoms with Crippen LogP contribution in [-0.2, 0) is 20.7 Å². The fourth-order valence-corrected chi connectivity index (χ4v) is 4.47. The fraction of sp³-hybridized carbons (Fsp3) is 0.440. The summed E-state index contributed by atoms with van der Waals surface area (Å²) in [6.07, 6.45) is 1.23. The van der Waals surface area contributed by atoms with Gasteiger partial charge in [0.15, 0.2) is 0 Å². The maximum Gasteiger partial charge on any atom is 0.329 e. The van der Waals surface area contributed by atoms with Crippen LogP contribution in [0.1, 0.15) is 23.6 Å². The molecule has 1 heterocycles. The number of benzene rings is 2. The van der Waals surface area contributed by atoms with Gasteiger partial charge in [0, 0.05) is 32.7 Å². The Morgan fingerprint density at radius 1 is 1.21 bits per heavy atom. The van der Waals surface area contributed by atoms with Gasteiger partial charge in [0.25, 0.3) is 0 Å². The molecule has 2 atom stereocenters. The molecule has 0 bridgehead atoms. The van der Waals surface area contributed by atoms with E-state index in [1.165, 1.54) is 0 Å². The van der Waals surface area contributed by atoms with E-state index in [4.69, 9.17) is 33.0 Å². The standard InChI is InChI=1S/C25H31Cl2N3O4/c1-29(24(31)14-18-7-8-21(26)22(27)13-18)23(19-5-3-2-4-6-19)16-30-11-9-20(15-30)28-10-12-34-17-25(32)33/h2-8,13,20,23,28H,9-12,14-17H2,1H3,(H,32,33). The van der Waals surface area contributed by atoms with Crippen molar-refractivity contribution in [1.29, 1.82) is 0 Å². The van der Waals surface area contributed by atoms with Gasteiger partial charge in [0.1, 0.15) is 6.61 Å². The Bertz CT molecular complexity index is 960. The third-order valence-corrected chi connectivity index (χ3v) is 6.73. The highest BCUT2D eigenvalue weighted by molar-refractivity contribution is 6.42. The summed E-state index contributed by atoms with van der Waals surface area (Å²) >= 11 is 12.1. The number of aliphatic carboxylic acids is 1. The lowest BCUT2D eigenvalue weighted by atomic mass is 10.0. The average Bonchev–Trinajstić information content (AvgIpc) is 3.27. The molecule has 0 radical (unpaired) electrons. The summed E-state index contributed by atoms with van der Waals surface area (Å²) in [7, 11) is 1.85. The first-order valence-electron chi connectivity index (χ1n) is 11.3. The Morgan fingerprint density at radius 3 is 2.68 bits per heavy atom. The number of carboxylic acids is 1. The summed E-state index contributed by atoms with van der Waals surface area (Å²) in [5.74, 6) is -0.950. The van der Waals surface area contributed by atoms with E-state index in [0.29, 0.717) is 29.2 Å². The summed E-state index contributed by atoms with van der Waals surface area (Å²) in [6.45, 7) is 3.20. The number of carboxylic acid groups (broad SMARTS) is 1. The second-order valence-corrected chi connectivity index (χ2v) is 9.32. The van der Waals surface area contributed by atoms with Crippen LogP contribution in [0.5, 0.6) is 0 Å². The maximum atomic E-state index is 13.2. The van der Waals surface area contributed by atoms with Crippen molar-refractivity contribution in [1.82, 2.24) is 15.1 Å². The minimum Gasteiger partial charge on any atom is -0.480 e. The number of carbonyl (C=O) groups is 2. The van der Waals surface area contributed by atoms with Gasteiger partial charge in [0.2, 0.25) is 5.91 Å². The SMILES string of the molecule is CN(C(=O)Cc1ccc(Cl)c(Cl)c1)C(CN1CCC(NCCOCC(=O)O)C1)c1ccccc1. The number of carbonyl (C=O) groups excluding carboxylic acids is 1. The zero-order valence-corrected chi connectivity index (χ0v) is 20.8. The number of hydrogen-bond acceptors (Lipinski definition) is 5. The molecule has 2 unspecified atom stereocenters. The molecule has 1 fully saturated rings. The van der Waals surface area contributed by atoms with Crippen molar-refractivity contribution in [2.24, 2.45) is 0 Å². The first-order valence-corrected chi connectivity index (χ1v) is 12.1. The highest BCUT2D eigenvalue weighted by Gasteiger charge is 2.28. The molecule has 2 aromatic carbocycles. The zero-order chi connectivity index (χ0) is 24.5. The molecule has 3 rings (SSSR count). The number of nitrogens with zero attached hydrogens (tertiary/aromatic N) is 2. The van der Waals surface area contributed by atoms with Crippen LogP contribution in [0.4, 0.5) is 0 Å². The van der Waals surface area contributed by atoms with Crippen molar-refractivity contribution in [3.63, 3.8) is 0 Å². The molecule has 0 aliphatic carbocycles. The minimum absolute atomic E-state index is 0.0108. The van der Waals surface area contributed by atoms with Crippen LogP contribution >= 0.6 is 23.2 Å². The molecule has 1 aliphatic rings. The fourth-order valence-electron chi connectivity index (χ4n) is 4.15. The molecule has 0 spiro atoms. The summed E-state index contributed by atoms with van der Waals surface area (Å²) < 4.78 is 5.09. The van der Waals surface area contributed by atoms with Gasteiger partial charge in [-0.2, -0.15) is 0 Å². The van der Waals surface area contributed by atoms with Crippen LogP contribution in [0, 0.1) is 0 Å². The van der Waals surface area contributed by atoms with Crippen LogP contribution in [0.25, 0.3) is 0 Å². The van der Waals surface area contributed by atoms with Crippen LogP contribution in [0.3, 0.4) is 0 Å². The lowest BCUT2D eigenvalue weighted by Crippen LogP contribution is -2.41. The number of hydrogen-bond donors (Lipinski definition) is 2. The van der Waals surface area contributed by atoms with Gasteiger partial charge in [-0.1, -0.05) is 59.6 Å². The molecule has 1 saturated heterocycles. The largest absolute Gasteiger partial charge is 0.480 e. The van der Waals surface area contributed by atoms with E-state index in [1.54, 1.807) is 12.1 Å². The van der Waals surface area contributed by atoms with Crippen molar-refractivity contribution < 1.29 is 19.4 Å². The maximum absolute atomic E-state index is 13.2. The van der Waals surface area contributed by atoms with Crippen molar-refractivity contribution in [3.8, 4) is 0 Å². The lowest BCUT2D eigenvalue weighted by Gasteiger charge is -2.32. The Balaban J connectivity index is 1.59. The molecular formula is C25H31Cl2N3O4. The second kappa shape index (κ2) is 13.1. The van der Waals surface area contributed by atoms with Crippen molar-refractivity contribution in [2.45, 2.75) is 24.9 Å². The third kappa shape index (κ3) is 7.96. The van der Waals surface area contributed by atoms with E-state index in [0.717, 1.165) is 37.2 Å². The van der Waals surface area contributed by atoms with Crippen LogP contribution in [0.15, 0.2) is 48.5 Å². The van der Waals surface area contributed by atoms with Crippen LogP contribution < -0.4 is 5.32 Å². The van der Waals surface area contributed by atoms with E-state index >= 15 is 0 Å². The van der Waals surface area contributed by atoms with Gasteiger partial charge >= 0.3 is 5.97 Å². The number of likely N-dealkylation sites (N-methyl/N-ethyl adjacent to an activating group) is 1. The first-order chi connectivity index (χ1) is 16.3. The van der Waals surface area contributed by atoms with Gasteiger partial charge in [-0.15, -0.1) is 0 Å². The Kier molecular flexibility index (Phi) is 10.2. The summed E-state index contributed by atoms with van der Waals surface area (Å²) in [4.78, 5) is 27.9. The molecule has 9 heteroatoms. The number of nitrogens with one attached hydrogen (secondary N) is 1. The van der Waals surface area contributed by atoms with Gasteiger partial charge in [-0.3, -0.25) is 9.69 Å². The molecule has 1 amide bonds. The van der Waals surface area contributed by atoms with E-state index in [2.05, 4.69) is 22.3 Å². The monoisotopic (exact) mass is 507 g/mol. The molecule has 2 N–H and O–H groups in total. The lowest BCUT2D eigenvalue weighted by molar-refractivity contribution is -0.142. The average molecular weight is 508 g/mol. The zero-order valence-electron chi connectivity index (χ0n) is 19.3. The number of likely N-dealkylation sites (tertiary alicyclic amines) is 1. The van der Waals surface area contributed by atoms with Gasteiger partial charge < -0.3 is 20.1 Å². The molecule has 0 aromatic heterocycles. The van der Waals surface area contributed by atoms with Gasteiger partial charge in [-0.05, 0) is 36.2 Å². The normalized spacial score (nSPS) is 17.0. The smallest absolute Gasteiger partial charge is 0.329 e. The Hall–Kier alpha value is -2.16. The van der Waals surface area contributed by atoms with Crippen molar-refractivity contribution in [3.05, 3.63) is 69.7 Å². The Morgan fingerprint density at radius 2 is 1.97 bits per heavy atom. The van der Waals surface area contributed by atoms with Crippen molar-refractivity contribution >= 4 is 35.1 Å². The van der Waals surface area contributed by atoms with E-state index < -0.39 is 5.97 Å².